The summed E-state index contributed by atoms with van der Waals surface area (Å²) in [5.74, 6) is 0.139. The Morgan fingerprint density at radius 1 is 1.36 bits per heavy atom. The number of pyridine rings is 1. The molecule has 1 aliphatic heterocycles. The number of rotatable bonds is 6. The summed E-state index contributed by atoms with van der Waals surface area (Å²) >= 11 is 0. The third-order valence-corrected chi connectivity index (χ3v) is 4.64. The van der Waals surface area contributed by atoms with Crippen molar-refractivity contribution in [2.45, 2.75) is 38.8 Å². The maximum atomic E-state index is 12.5. The normalized spacial score (nSPS) is 15.2. The van der Waals surface area contributed by atoms with Gasteiger partial charge in [-0.1, -0.05) is 18.2 Å². The topological polar surface area (TPSA) is 85.4 Å². The van der Waals surface area contributed by atoms with Crippen LogP contribution in [0.4, 0.5) is 0 Å². The Kier molecular flexibility index (Phi) is 5.50. The van der Waals surface area contributed by atoms with Crippen LogP contribution in [-0.4, -0.2) is 46.6 Å². The molecule has 3 N–H and O–H groups in total. The van der Waals surface area contributed by atoms with Gasteiger partial charge < -0.3 is 20.3 Å². The number of benzene rings is 1. The van der Waals surface area contributed by atoms with E-state index >= 15 is 0 Å². The Morgan fingerprint density at radius 3 is 2.88 bits per heavy atom. The highest BCUT2D eigenvalue weighted by Crippen LogP contribution is 2.24. The van der Waals surface area contributed by atoms with Gasteiger partial charge in [0.15, 0.2) is 0 Å². The largest absolute Gasteiger partial charge is 0.392 e. The van der Waals surface area contributed by atoms with Crippen LogP contribution in [-0.2, 0) is 17.8 Å². The molecule has 6 heteroatoms. The minimum Gasteiger partial charge on any atom is -0.392 e. The minimum atomic E-state index is -0.371. The molecule has 6 nitrogen and oxygen atoms in total. The molecule has 1 aliphatic rings. The first kappa shape index (κ1) is 17.6. The quantitative estimate of drug-likeness (QED) is 0.687. The highest BCUT2D eigenvalue weighted by Gasteiger charge is 2.23. The van der Waals surface area contributed by atoms with Gasteiger partial charge in [0.2, 0.25) is 5.91 Å². The van der Waals surface area contributed by atoms with Gasteiger partial charge in [0.1, 0.15) is 0 Å². The van der Waals surface area contributed by atoms with E-state index in [9.17, 15) is 14.7 Å². The third-order valence-electron chi connectivity index (χ3n) is 4.64. The zero-order chi connectivity index (χ0) is 17.8. The number of nitrogens with one attached hydrogen (secondary N) is 2. The van der Waals surface area contributed by atoms with Crippen LogP contribution in [0.1, 0.15) is 31.0 Å². The van der Waals surface area contributed by atoms with E-state index in [0.29, 0.717) is 37.9 Å². The summed E-state index contributed by atoms with van der Waals surface area (Å²) < 4.78 is 0. The fourth-order valence-electron chi connectivity index (χ4n) is 3.34. The predicted octanol–water partition coefficient (Wildman–Crippen LogP) is 1.16. The Balaban J connectivity index is 1.66. The Bertz CT molecular complexity index is 813. The van der Waals surface area contributed by atoms with Crippen LogP contribution < -0.4 is 10.9 Å². The maximum absolute atomic E-state index is 12.5. The molecule has 0 unspecified atom stereocenters. The van der Waals surface area contributed by atoms with Gasteiger partial charge in [-0.3, -0.25) is 9.59 Å². The first-order chi connectivity index (χ1) is 12.1. The molecule has 0 saturated carbocycles. The summed E-state index contributed by atoms with van der Waals surface area (Å²) in [6.07, 6.45) is 1.55. The Hall–Kier alpha value is -2.18. The Labute approximate surface area is 146 Å². The van der Waals surface area contributed by atoms with Gasteiger partial charge in [-0.2, -0.15) is 0 Å². The lowest BCUT2D eigenvalue weighted by Gasteiger charge is -2.29. The van der Waals surface area contributed by atoms with E-state index in [0.717, 1.165) is 29.6 Å². The van der Waals surface area contributed by atoms with E-state index < -0.39 is 0 Å². The molecule has 25 heavy (non-hydrogen) atoms. The van der Waals surface area contributed by atoms with Gasteiger partial charge in [0.05, 0.1) is 6.10 Å². The molecule has 3 rings (SSSR count). The molecule has 0 spiro atoms. The predicted molar refractivity (Wildman–Crippen MR) is 97.5 cm³/mol. The van der Waals surface area contributed by atoms with Crippen LogP contribution in [0.3, 0.4) is 0 Å². The molecule has 2 aromatic rings. The molecule has 134 valence electrons. The van der Waals surface area contributed by atoms with Gasteiger partial charge in [-0.15, -0.1) is 0 Å². The lowest BCUT2D eigenvalue weighted by molar-refractivity contribution is -0.132. The van der Waals surface area contributed by atoms with Crippen molar-refractivity contribution in [3.05, 3.63) is 45.9 Å². The highest BCUT2D eigenvalue weighted by atomic mass is 16.3. The summed E-state index contributed by atoms with van der Waals surface area (Å²) in [6, 6.07) is 7.56. The number of aromatic nitrogens is 1. The number of carbonyl (C=O) groups is 1. The molecular weight excluding hydrogens is 318 g/mol. The molecule has 1 aromatic carbocycles. The summed E-state index contributed by atoms with van der Waals surface area (Å²) in [7, 11) is 0. The number of amides is 1. The van der Waals surface area contributed by atoms with Gasteiger partial charge in [-0.25, -0.2) is 0 Å². The second-order valence-electron chi connectivity index (χ2n) is 6.68. The third kappa shape index (κ3) is 4.08. The van der Waals surface area contributed by atoms with Crippen molar-refractivity contribution in [3.8, 4) is 0 Å². The van der Waals surface area contributed by atoms with Crippen molar-refractivity contribution in [2.75, 3.05) is 19.6 Å². The van der Waals surface area contributed by atoms with Crippen LogP contribution in [0.25, 0.3) is 10.8 Å². The number of fused-ring (bicyclic) bond motifs is 3. The molecule has 0 saturated heterocycles. The van der Waals surface area contributed by atoms with Gasteiger partial charge >= 0.3 is 0 Å². The zero-order valence-corrected chi connectivity index (χ0v) is 14.5. The molecule has 1 aromatic heterocycles. The summed E-state index contributed by atoms with van der Waals surface area (Å²) in [6.45, 7) is 4.19. The van der Waals surface area contributed by atoms with Crippen LogP contribution in [0.5, 0.6) is 0 Å². The molecule has 1 atom stereocenters. The monoisotopic (exact) mass is 343 g/mol. The maximum Gasteiger partial charge on any atom is 0.256 e. The number of aliphatic hydroxyl groups excluding tert-OH is 1. The molecule has 0 fully saturated rings. The molecule has 0 bridgehead atoms. The summed E-state index contributed by atoms with van der Waals surface area (Å²) in [4.78, 5) is 29.5. The van der Waals surface area contributed by atoms with Crippen LogP contribution in [0.2, 0.25) is 0 Å². The van der Waals surface area contributed by atoms with Crippen molar-refractivity contribution < 1.29 is 9.90 Å². The van der Waals surface area contributed by atoms with Crippen molar-refractivity contribution >= 4 is 16.7 Å². The minimum absolute atomic E-state index is 0.0571. The molecule has 2 heterocycles. The molecular formula is C19H25N3O3. The van der Waals surface area contributed by atoms with Gasteiger partial charge in [-0.05, 0) is 36.9 Å². The second-order valence-corrected chi connectivity index (χ2v) is 6.68. The molecule has 0 aliphatic carbocycles. The van der Waals surface area contributed by atoms with Gasteiger partial charge in [0, 0.05) is 43.6 Å². The molecule has 1 amide bonds. The van der Waals surface area contributed by atoms with E-state index in [1.54, 1.807) is 6.92 Å². The van der Waals surface area contributed by atoms with Crippen molar-refractivity contribution in [1.29, 1.82) is 0 Å². The average Bonchev–Trinajstić information content (AvgIpc) is 2.61. The first-order valence-corrected chi connectivity index (χ1v) is 8.85. The van der Waals surface area contributed by atoms with Crippen molar-refractivity contribution in [1.82, 2.24) is 15.2 Å². The number of aliphatic hydroxyl groups is 1. The van der Waals surface area contributed by atoms with Crippen LogP contribution in [0.15, 0.2) is 29.1 Å². The highest BCUT2D eigenvalue weighted by molar-refractivity contribution is 5.86. The first-order valence-electron chi connectivity index (χ1n) is 8.85. The SMILES string of the molecule is C[C@H](O)CNCCCC(=O)N1CCc2[nH]c(=O)c3ccccc3c2C1. The Morgan fingerprint density at radius 2 is 2.12 bits per heavy atom. The average molecular weight is 343 g/mol. The van der Waals surface area contributed by atoms with E-state index in [-0.39, 0.29) is 17.6 Å². The van der Waals surface area contributed by atoms with E-state index in [4.69, 9.17) is 0 Å². The van der Waals surface area contributed by atoms with Gasteiger partial charge in [0.25, 0.3) is 5.56 Å². The number of H-pyrrole nitrogens is 1. The van der Waals surface area contributed by atoms with Crippen molar-refractivity contribution in [2.24, 2.45) is 0 Å². The number of nitrogens with zero attached hydrogens (tertiary/aromatic N) is 1. The van der Waals surface area contributed by atoms with Crippen LogP contribution >= 0.6 is 0 Å². The number of hydrogen-bond donors (Lipinski definition) is 3. The smallest absolute Gasteiger partial charge is 0.256 e. The fraction of sp³-hybridized carbons (Fsp3) is 0.474. The fourth-order valence-corrected chi connectivity index (χ4v) is 3.34. The lowest BCUT2D eigenvalue weighted by atomic mass is 9.98. The standard InChI is InChI=1S/C19H25N3O3/c1-13(23)11-20-9-4-7-18(24)22-10-8-17-16(12-22)14-5-2-3-6-15(14)19(25)21-17/h2-3,5-6,13,20,23H,4,7-12H2,1H3,(H,21,25)/t13-/m0/s1. The number of carbonyl (C=O) groups excluding carboxylic acids is 1. The molecule has 0 radical (unpaired) electrons. The van der Waals surface area contributed by atoms with E-state index in [1.165, 1.54) is 0 Å². The number of aromatic amines is 1. The second kappa shape index (κ2) is 7.80. The van der Waals surface area contributed by atoms with Crippen molar-refractivity contribution in [3.63, 3.8) is 0 Å². The van der Waals surface area contributed by atoms with E-state index in [1.807, 2.05) is 29.2 Å². The lowest BCUT2D eigenvalue weighted by Crippen LogP contribution is -2.37. The van der Waals surface area contributed by atoms with Crippen LogP contribution in [0, 0.1) is 0 Å². The summed E-state index contributed by atoms with van der Waals surface area (Å²) in [5, 5.41) is 14.0. The number of hydrogen-bond acceptors (Lipinski definition) is 4. The zero-order valence-electron chi connectivity index (χ0n) is 14.5. The summed E-state index contributed by atoms with van der Waals surface area (Å²) in [5.41, 5.74) is 1.95. The van der Waals surface area contributed by atoms with E-state index in [2.05, 4.69) is 10.3 Å².